The molecule has 32 heavy (non-hydrogen) atoms. The van der Waals surface area contributed by atoms with Crippen LogP contribution in [0.3, 0.4) is 0 Å². The molecular weight excluding hydrogens is 428 g/mol. The Morgan fingerprint density at radius 1 is 1.00 bits per heavy atom. The van der Waals surface area contributed by atoms with E-state index >= 15 is 0 Å². The van der Waals surface area contributed by atoms with Crippen LogP contribution >= 0.6 is 0 Å². The molecule has 0 bridgehead atoms. The smallest absolute Gasteiger partial charge is 0.251 e. The minimum absolute atomic E-state index is 0.0193. The molecule has 7 nitrogen and oxygen atoms in total. The van der Waals surface area contributed by atoms with E-state index in [2.05, 4.69) is 10.6 Å². The molecular formula is C24H32N2O5S. The predicted molar refractivity (Wildman–Crippen MR) is 125 cm³/mol. The van der Waals surface area contributed by atoms with E-state index < -0.39 is 15.9 Å². The van der Waals surface area contributed by atoms with E-state index in [1.807, 2.05) is 26.8 Å². The van der Waals surface area contributed by atoms with Gasteiger partial charge in [-0.1, -0.05) is 44.2 Å². The van der Waals surface area contributed by atoms with Crippen LogP contribution < -0.4 is 15.4 Å². The molecule has 174 valence electrons. The largest absolute Gasteiger partial charge is 0.494 e. The van der Waals surface area contributed by atoms with E-state index in [4.69, 9.17) is 4.74 Å². The zero-order chi connectivity index (χ0) is 23.6. The van der Waals surface area contributed by atoms with Crippen molar-refractivity contribution in [1.82, 2.24) is 10.6 Å². The first-order chi connectivity index (χ1) is 15.2. The number of sulfone groups is 1. The van der Waals surface area contributed by atoms with Gasteiger partial charge in [0.15, 0.2) is 9.84 Å². The summed E-state index contributed by atoms with van der Waals surface area (Å²) in [4.78, 5) is 25.2. The first-order valence-electron chi connectivity index (χ1n) is 10.8. The molecule has 2 aromatic carbocycles. The van der Waals surface area contributed by atoms with Gasteiger partial charge in [0.2, 0.25) is 5.91 Å². The Labute approximate surface area is 190 Å². The molecule has 8 heteroatoms. The van der Waals surface area contributed by atoms with Crippen molar-refractivity contribution in [3.05, 3.63) is 65.7 Å². The van der Waals surface area contributed by atoms with E-state index in [1.54, 1.807) is 48.5 Å². The maximum atomic E-state index is 12.6. The van der Waals surface area contributed by atoms with Crippen LogP contribution in [0, 0.1) is 5.92 Å². The Morgan fingerprint density at radius 2 is 1.66 bits per heavy atom. The third-order valence-corrected chi connectivity index (χ3v) is 6.51. The number of hydrogen-bond donors (Lipinski definition) is 2. The van der Waals surface area contributed by atoms with Crippen LogP contribution in [0.15, 0.2) is 54.6 Å². The Bertz CT molecular complexity index is 973. The van der Waals surface area contributed by atoms with Crippen LogP contribution in [0.2, 0.25) is 0 Å². The summed E-state index contributed by atoms with van der Waals surface area (Å²) in [5, 5.41) is 5.51. The van der Waals surface area contributed by atoms with Gasteiger partial charge in [0.25, 0.3) is 5.91 Å². The Kier molecular flexibility index (Phi) is 9.71. The molecule has 1 unspecified atom stereocenters. The van der Waals surface area contributed by atoms with Crippen molar-refractivity contribution in [1.29, 1.82) is 0 Å². The van der Waals surface area contributed by atoms with Crippen LogP contribution in [0.25, 0.3) is 0 Å². The van der Waals surface area contributed by atoms with Crippen molar-refractivity contribution in [3.8, 4) is 5.75 Å². The molecule has 0 spiro atoms. The maximum Gasteiger partial charge on any atom is 0.251 e. The van der Waals surface area contributed by atoms with Crippen molar-refractivity contribution in [2.75, 3.05) is 18.9 Å². The standard InChI is InChI=1S/C24H32N2O5S/c1-4-31-21-13-11-20(12-14-21)23(27)26-22(18(2)3)24(28)25-15-8-16-32(29,30)17-19-9-6-5-7-10-19/h5-7,9-14,18,22H,4,8,15-17H2,1-3H3,(H,25,28)(H,26,27). The second kappa shape index (κ2) is 12.2. The molecule has 0 fully saturated rings. The van der Waals surface area contributed by atoms with Crippen LogP contribution in [-0.2, 0) is 20.4 Å². The summed E-state index contributed by atoms with van der Waals surface area (Å²) in [7, 11) is -3.26. The van der Waals surface area contributed by atoms with Gasteiger partial charge in [0, 0.05) is 12.1 Å². The molecule has 0 aliphatic heterocycles. The second-order valence-electron chi connectivity index (χ2n) is 7.87. The van der Waals surface area contributed by atoms with Crippen molar-refractivity contribution >= 4 is 21.7 Å². The zero-order valence-corrected chi connectivity index (χ0v) is 19.7. The number of benzene rings is 2. The van der Waals surface area contributed by atoms with E-state index in [0.717, 1.165) is 5.56 Å². The first-order valence-corrected chi connectivity index (χ1v) is 12.6. The van der Waals surface area contributed by atoms with Crippen molar-refractivity contribution in [2.24, 2.45) is 5.92 Å². The lowest BCUT2D eigenvalue weighted by Crippen LogP contribution is -2.50. The summed E-state index contributed by atoms with van der Waals surface area (Å²) < 4.78 is 29.9. The minimum atomic E-state index is -3.26. The van der Waals surface area contributed by atoms with Gasteiger partial charge < -0.3 is 15.4 Å². The first kappa shape index (κ1) is 25.4. The van der Waals surface area contributed by atoms with Gasteiger partial charge >= 0.3 is 0 Å². The van der Waals surface area contributed by atoms with Gasteiger partial charge in [-0.05, 0) is 49.1 Å². The predicted octanol–water partition coefficient (Wildman–Crippen LogP) is 2.96. The fourth-order valence-electron chi connectivity index (χ4n) is 3.14. The van der Waals surface area contributed by atoms with Gasteiger partial charge in [-0.25, -0.2) is 8.42 Å². The Hall–Kier alpha value is -2.87. The summed E-state index contributed by atoms with van der Waals surface area (Å²) in [6.45, 7) is 6.31. The number of rotatable bonds is 12. The van der Waals surface area contributed by atoms with Gasteiger partial charge in [-0.15, -0.1) is 0 Å². The summed E-state index contributed by atoms with van der Waals surface area (Å²) >= 11 is 0. The number of carbonyl (C=O) groups excluding carboxylic acids is 2. The van der Waals surface area contributed by atoms with Crippen molar-refractivity contribution in [3.63, 3.8) is 0 Å². The normalized spacial score (nSPS) is 12.2. The molecule has 2 rings (SSSR count). The molecule has 0 aliphatic carbocycles. The zero-order valence-electron chi connectivity index (χ0n) is 18.8. The second-order valence-corrected chi connectivity index (χ2v) is 10.1. The molecule has 0 heterocycles. The average Bonchev–Trinajstić information content (AvgIpc) is 2.75. The number of nitrogens with one attached hydrogen (secondary N) is 2. The third-order valence-electron chi connectivity index (χ3n) is 4.82. The van der Waals surface area contributed by atoms with Gasteiger partial charge in [0.1, 0.15) is 11.8 Å². The lowest BCUT2D eigenvalue weighted by atomic mass is 10.0. The average molecular weight is 461 g/mol. The summed E-state index contributed by atoms with van der Waals surface area (Å²) in [5.74, 6) is -0.193. The summed E-state index contributed by atoms with van der Waals surface area (Å²) in [5.41, 5.74) is 1.17. The van der Waals surface area contributed by atoms with Crippen molar-refractivity contribution in [2.45, 2.75) is 39.0 Å². The van der Waals surface area contributed by atoms with Gasteiger partial charge in [0.05, 0.1) is 18.1 Å². The van der Waals surface area contributed by atoms with E-state index in [-0.39, 0.29) is 35.8 Å². The van der Waals surface area contributed by atoms with Crippen LogP contribution in [0.5, 0.6) is 5.75 Å². The minimum Gasteiger partial charge on any atom is -0.494 e. The van der Waals surface area contributed by atoms with Crippen LogP contribution in [0.4, 0.5) is 0 Å². The monoisotopic (exact) mass is 460 g/mol. The molecule has 0 saturated carbocycles. The number of hydrogen-bond acceptors (Lipinski definition) is 5. The quantitative estimate of drug-likeness (QED) is 0.474. The Morgan fingerprint density at radius 3 is 2.25 bits per heavy atom. The topological polar surface area (TPSA) is 102 Å². The number of amides is 2. The Balaban J connectivity index is 1.84. The van der Waals surface area contributed by atoms with Crippen LogP contribution in [0.1, 0.15) is 43.1 Å². The third kappa shape index (κ3) is 8.34. The molecule has 0 radical (unpaired) electrons. The van der Waals surface area contributed by atoms with Crippen LogP contribution in [-0.4, -0.2) is 45.2 Å². The fraction of sp³-hybridized carbons (Fsp3) is 0.417. The molecule has 2 amide bonds. The number of ether oxygens (including phenoxy) is 1. The molecule has 0 aromatic heterocycles. The van der Waals surface area contributed by atoms with Gasteiger partial charge in [-0.3, -0.25) is 9.59 Å². The van der Waals surface area contributed by atoms with E-state index in [9.17, 15) is 18.0 Å². The summed E-state index contributed by atoms with van der Waals surface area (Å²) in [6.07, 6.45) is 0.304. The highest BCUT2D eigenvalue weighted by Gasteiger charge is 2.24. The van der Waals surface area contributed by atoms with E-state index in [1.165, 1.54) is 0 Å². The molecule has 2 aromatic rings. The highest BCUT2D eigenvalue weighted by atomic mass is 32.2. The van der Waals surface area contributed by atoms with Gasteiger partial charge in [-0.2, -0.15) is 0 Å². The lowest BCUT2D eigenvalue weighted by Gasteiger charge is -2.22. The van der Waals surface area contributed by atoms with Crippen molar-refractivity contribution < 1.29 is 22.7 Å². The molecule has 1 atom stereocenters. The SMILES string of the molecule is CCOc1ccc(C(=O)NC(C(=O)NCCCS(=O)(=O)Cc2ccccc2)C(C)C)cc1. The highest BCUT2D eigenvalue weighted by molar-refractivity contribution is 7.90. The van der Waals surface area contributed by atoms with E-state index in [0.29, 0.717) is 24.3 Å². The number of carbonyl (C=O) groups is 2. The lowest BCUT2D eigenvalue weighted by molar-refractivity contribution is -0.123. The highest BCUT2D eigenvalue weighted by Crippen LogP contribution is 2.13. The molecule has 2 N–H and O–H groups in total. The maximum absolute atomic E-state index is 12.6. The molecule has 0 aliphatic rings. The summed E-state index contributed by atoms with van der Waals surface area (Å²) in [6, 6.07) is 15.0. The molecule has 0 saturated heterocycles. The fourth-order valence-corrected chi connectivity index (χ4v) is 4.57.